The third kappa shape index (κ3) is 2.50. The number of carboxylic acid groups (broad SMARTS) is 1. The maximum atomic E-state index is 17.1. The van der Waals surface area contributed by atoms with Crippen LogP contribution in [0.5, 0.6) is 0 Å². The number of aliphatic hydroxyl groups excluding tert-OH is 1. The van der Waals surface area contributed by atoms with E-state index in [2.05, 4.69) is 0 Å². The Balaban J connectivity index is 1.87. The molecule has 0 aromatic heterocycles. The molecule has 32 heavy (non-hydrogen) atoms. The SMILES string of the molecule is CCC(=O)OC1(C(=O)O)C(C)C[C@H]2[C@@H]3CC(F)C4=CC(=O)C=C[C@]4(C)C3(F)C(O)C[C@@]21C. The van der Waals surface area contributed by atoms with E-state index in [4.69, 9.17) is 4.74 Å². The van der Waals surface area contributed by atoms with Crippen molar-refractivity contribution in [1.82, 2.24) is 0 Å². The van der Waals surface area contributed by atoms with Crippen LogP contribution in [0.2, 0.25) is 0 Å². The number of esters is 1. The van der Waals surface area contributed by atoms with E-state index in [1.807, 2.05) is 0 Å². The van der Waals surface area contributed by atoms with Crippen LogP contribution in [0.25, 0.3) is 0 Å². The van der Waals surface area contributed by atoms with Crippen LogP contribution in [0, 0.1) is 28.6 Å². The molecule has 0 aromatic rings. The number of hydrogen-bond acceptors (Lipinski definition) is 5. The van der Waals surface area contributed by atoms with Gasteiger partial charge in [-0.15, -0.1) is 0 Å². The highest BCUT2D eigenvalue weighted by molar-refractivity contribution is 6.01. The monoisotopic (exact) mass is 452 g/mol. The van der Waals surface area contributed by atoms with Crippen LogP contribution in [0.3, 0.4) is 0 Å². The van der Waals surface area contributed by atoms with Gasteiger partial charge in [0.25, 0.3) is 0 Å². The number of hydrogen-bond donors (Lipinski definition) is 2. The zero-order chi connectivity index (χ0) is 23.9. The van der Waals surface area contributed by atoms with Gasteiger partial charge in [0.2, 0.25) is 5.60 Å². The second-order valence-corrected chi connectivity index (χ2v) is 10.4. The second kappa shape index (κ2) is 6.95. The number of carbonyl (C=O) groups excluding carboxylic acids is 2. The summed E-state index contributed by atoms with van der Waals surface area (Å²) in [5.74, 6) is -4.78. The number of rotatable bonds is 3. The number of carboxylic acids is 1. The van der Waals surface area contributed by atoms with Gasteiger partial charge in [-0.2, -0.15) is 0 Å². The molecule has 8 heteroatoms. The largest absolute Gasteiger partial charge is 0.478 e. The van der Waals surface area contributed by atoms with Gasteiger partial charge in [-0.1, -0.05) is 26.8 Å². The van der Waals surface area contributed by atoms with Crippen LogP contribution in [-0.4, -0.2) is 51.5 Å². The predicted octanol–water partition coefficient (Wildman–Crippen LogP) is 3.33. The maximum Gasteiger partial charge on any atom is 0.349 e. The van der Waals surface area contributed by atoms with Crippen LogP contribution in [0.15, 0.2) is 23.8 Å². The Hall–Kier alpha value is -2.09. The Bertz CT molecular complexity index is 945. The molecule has 3 fully saturated rings. The predicted molar refractivity (Wildman–Crippen MR) is 110 cm³/mol. The van der Waals surface area contributed by atoms with Crippen molar-refractivity contribution in [2.24, 2.45) is 28.6 Å². The zero-order valence-corrected chi connectivity index (χ0v) is 18.7. The number of fused-ring (bicyclic) bond motifs is 5. The van der Waals surface area contributed by atoms with E-state index in [1.54, 1.807) is 20.8 Å². The first-order valence-electron chi connectivity index (χ1n) is 11.2. The fraction of sp³-hybridized carbons (Fsp3) is 0.708. The van der Waals surface area contributed by atoms with E-state index in [0.717, 1.165) is 6.08 Å². The van der Waals surface area contributed by atoms with Crippen molar-refractivity contribution in [3.05, 3.63) is 23.8 Å². The third-order valence-electron chi connectivity index (χ3n) is 9.05. The van der Waals surface area contributed by atoms with Crippen LogP contribution in [-0.2, 0) is 19.1 Å². The Morgan fingerprint density at radius 2 is 1.91 bits per heavy atom. The second-order valence-electron chi connectivity index (χ2n) is 10.4. The van der Waals surface area contributed by atoms with Crippen LogP contribution < -0.4 is 0 Å². The molecule has 4 aliphatic carbocycles. The number of carbonyl (C=O) groups is 3. The molecule has 2 N–H and O–H groups in total. The molecule has 0 bridgehead atoms. The molecule has 3 saturated carbocycles. The van der Waals surface area contributed by atoms with Gasteiger partial charge in [-0.25, -0.2) is 13.6 Å². The number of allylic oxidation sites excluding steroid dienone is 4. The van der Waals surface area contributed by atoms with Crippen molar-refractivity contribution in [1.29, 1.82) is 0 Å². The Morgan fingerprint density at radius 3 is 2.50 bits per heavy atom. The molecule has 0 saturated heterocycles. The standard InChI is InChI=1S/C24H30F2O6/c1-5-19(29)32-24(20(30)31)12(2)8-14-15-10-17(25)16-9-13(27)6-7-21(16,3)23(15,26)18(28)11-22(14,24)4/h6-7,9,12,14-15,17-18,28H,5,8,10-11H2,1-4H3,(H,30,31)/t12?,14-,15-,17?,18?,21-,22-,23?,24?/m0/s1. The average molecular weight is 452 g/mol. The van der Waals surface area contributed by atoms with Gasteiger partial charge in [0, 0.05) is 29.1 Å². The lowest BCUT2D eigenvalue weighted by Gasteiger charge is -2.62. The fourth-order valence-corrected chi connectivity index (χ4v) is 7.49. The van der Waals surface area contributed by atoms with Gasteiger partial charge in [0.1, 0.15) is 6.17 Å². The van der Waals surface area contributed by atoms with E-state index in [1.165, 1.54) is 19.1 Å². The maximum absolute atomic E-state index is 17.1. The summed E-state index contributed by atoms with van der Waals surface area (Å²) in [6.45, 7) is 6.31. The summed E-state index contributed by atoms with van der Waals surface area (Å²) in [4.78, 5) is 36.7. The van der Waals surface area contributed by atoms with Crippen molar-refractivity contribution in [2.45, 2.75) is 76.9 Å². The third-order valence-corrected chi connectivity index (χ3v) is 9.05. The molecular formula is C24H30F2O6. The van der Waals surface area contributed by atoms with E-state index in [-0.39, 0.29) is 31.3 Å². The minimum absolute atomic E-state index is 0.0133. The highest BCUT2D eigenvalue weighted by Crippen LogP contribution is 2.71. The Kier molecular flexibility index (Phi) is 5.02. The van der Waals surface area contributed by atoms with Crippen molar-refractivity contribution in [3.63, 3.8) is 0 Å². The van der Waals surface area contributed by atoms with Crippen LogP contribution in [0.4, 0.5) is 8.78 Å². The van der Waals surface area contributed by atoms with Gasteiger partial charge >= 0.3 is 11.9 Å². The van der Waals surface area contributed by atoms with Gasteiger partial charge in [0.05, 0.1) is 6.10 Å². The van der Waals surface area contributed by atoms with Crippen molar-refractivity contribution >= 4 is 17.7 Å². The molecule has 0 radical (unpaired) electrons. The first-order valence-corrected chi connectivity index (χ1v) is 11.2. The normalized spacial score (nSPS) is 49.5. The molecule has 0 heterocycles. The molecule has 4 aliphatic rings. The zero-order valence-electron chi connectivity index (χ0n) is 18.7. The average Bonchev–Trinajstić information content (AvgIpc) is 2.93. The first kappa shape index (κ1) is 23.1. The Morgan fingerprint density at radius 1 is 1.25 bits per heavy atom. The molecule has 4 rings (SSSR count). The van der Waals surface area contributed by atoms with Crippen molar-refractivity contribution in [2.75, 3.05) is 0 Å². The van der Waals surface area contributed by atoms with E-state index in [9.17, 15) is 24.6 Å². The molecule has 0 amide bonds. The van der Waals surface area contributed by atoms with Gasteiger partial charge in [0.15, 0.2) is 11.5 Å². The summed E-state index contributed by atoms with van der Waals surface area (Å²) >= 11 is 0. The summed E-state index contributed by atoms with van der Waals surface area (Å²) < 4.78 is 38.1. The molecular weight excluding hydrogens is 422 g/mol. The minimum Gasteiger partial charge on any atom is -0.478 e. The Labute approximate surface area is 185 Å². The van der Waals surface area contributed by atoms with Crippen molar-refractivity contribution < 1.29 is 38.1 Å². The molecule has 176 valence electrons. The molecule has 0 aliphatic heterocycles. The molecule has 0 spiro atoms. The lowest BCUT2D eigenvalue weighted by molar-refractivity contribution is -0.237. The summed E-state index contributed by atoms with van der Waals surface area (Å²) in [5, 5.41) is 21.5. The topological polar surface area (TPSA) is 101 Å². The minimum atomic E-state index is -2.30. The number of ketones is 1. The number of alkyl halides is 2. The highest BCUT2D eigenvalue weighted by atomic mass is 19.1. The van der Waals surface area contributed by atoms with E-state index >= 15 is 8.78 Å². The van der Waals surface area contributed by atoms with E-state index in [0.29, 0.717) is 0 Å². The summed E-state index contributed by atoms with van der Waals surface area (Å²) in [5.41, 5.74) is -7.07. The molecule has 6 nitrogen and oxygen atoms in total. The van der Waals surface area contributed by atoms with Gasteiger partial charge in [-0.05, 0) is 49.8 Å². The number of ether oxygens (including phenoxy) is 1. The first-order chi connectivity index (χ1) is 14.8. The summed E-state index contributed by atoms with van der Waals surface area (Å²) in [7, 11) is 0. The van der Waals surface area contributed by atoms with E-state index < -0.39 is 69.9 Å². The van der Waals surface area contributed by atoms with Crippen molar-refractivity contribution in [3.8, 4) is 0 Å². The quantitative estimate of drug-likeness (QED) is 0.637. The smallest absolute Gasteiger partial charge is 0.349 e. The summed E-state index contributed by atoms with van der Waals surface area (Å²) in [6, 6.07) is 0. The molecule has 5 unspecified atom stereocenters. The van der Waals surface area contributed by atoms with Gasteiger partial charge in [-0.3, -0.25) is 9.59 Å². The number of aliphatic hydroxyl groups is 1. The van der Waals surface area contributed by atoms with Crippen LogP contribution in [0.1, 0.15) is 53.4 Å². The molecule has 9 atom stereocenters. The summed E-state index contributed by atoms with van der Waals surface area (Å²) in [6.07, 6.45) is 0.0529. The lowest BCUT2D eigenvalue weighted by atomic mass is 9.44. The lowest BCUT2D eigenvalue weighted by Crippen LogP contribution is -2.71. The number of aliphatic carboxylic acids is 1. The van der Waals surface area contributed by atoms with Gasteiger partial charge < -0.3 is 14.9 Å². The van der Waals surface area contributed by atoms with Crippen LogP contribution >= 0.6 is 0 Å². The molecule has 0 aromatic carbocycles. The number of halogens is 2. The highest BCUT2D eigenvalue weighted by Gasteiger charge is 2.78. The fourth-order valence-electron chi connectivity index (χ4n) is 7.49.